The lowest BCUT2D eigenvalue weighted by atomic mass is 9.98. The van der Waals surface area contributed by atoms with E-state index in [1.54, 1.807) is 25.1 Å². The number of carbonyl (C=O) groups excluding carboxylic acids is 3. The maximum absolute atomic E-state index is 13.7. The number of amides is 2. The zero-order valence-corrected chi connectivity index (χ0v) is 25.1. The maximum Gasteiger partial charge on any atom is 0.357 e. The van der Waals surface area contributed by atoms with E-state index < -0.39 is 41.5 Å². The van der Waals surface area contributed by atoms with Crippen LogP contribution in [0.4, 0.5) is 14.5 Å². The Morgan fingerprint density at radius 3 is 2.45 bits per heavy atom. The van der Waals surface area contributed by atoms with E-state index in [0.29, 0.717) is 29.7 Å². The molecule has 2 heterocycles. The number of benzene rings is 3. The van der Waals surface area contributed by atoms with Crippen LogP contribution in [0.3, 0.4) is 0 Å². The Labute approximate surface area is 266 Å². The second kappa shape index (κ2) is 12.4. The summed E-state index contributed by atoms with van der Waals surface area (Å²) in [5.74, 6) is -5.38. The smallest absolute Gasteiger partial charge is 0.357 e. The number of carboxylic acid groups (broad SMARTS) is 1. The summed E-state index contributed by atoms with van der Waals surface area (Å²) >= 11 is 0. The van der Waals surface area contributed by atoms with E-state index in [9.17, 15) is 33.1 Å². The summed E-state index contributed by atoms with van der Waals surface area (Å²) in [5.41, 5.74) is 3.40. The van der Waals surface area contributed by atoms with Gasteiger partial charge in [-0.3, -0.25) is 9.59 Å². The van der Waals surface area contributed by atoms with Crippen molar-refractivity contribution in [3.05, 3.63) is 129 Å². The first kappa shape index (κ1) is 31.0. The number of nitrogens with zero attached hydrogens (tertiary/aromatic N) is 3. The quantitative estimate of drug-likeness (QED) is 0.192. The van der Waals surface area contributed by atoms with Crippen molar-refractivity contribution in [2.75, 3.05) is 5.32 Å². The van der Waals surface area contributed by atoms with Gasteiger partial charge in [0.05, 0.1) is 11.8 Å². The molecule has 13 heteroatoms. The van der Waals surface area contributed by atoms with Gasteiger partial charge < -0.3 is 20.5 Å². The van der Waals surface area contributed by atoms with Gasteiger partial charge in [-0.15, -0.1) is 0 Å². The third-order valence-electron chi connectivity index (χ3n) is 8.02. The van der Waals surface area contributed by atoms with Gasteiger partial charge in [0.2, 0.25) is 0 Å². The van der Waals surface area contributed by atoms with E-state index in [1.165, 1.54) is 24.4 Å². The number of esters is 1. The first-order valence-electron chi connectivity index (χ1n) is 14.6. The molecule has 3 N–H and O–H groups in total. The number of hydrogen-bond donors (Lipinski definition) is 3. The summed E-state index contributed by atoms with van der Waals surface area (Å²) in [6.07, 6.45) is 1.42. The molecule has 6 rings (SSSR count). The van der Waals surface area contributed by atoms with Gasteiger partial charge in [0.15, 0.2) is 23.0 Å². The Balaban J connectivity index is 1.33. The molecule has 3 aromatic carbocycles. The Morgan fingerprint density at radius 2 is 1.72 bits per heavy atom. The third-order valence-corrected chi connectivity index (χ3v) is 8.02. The minimum absolute atomic E-state index is 0.0297. The van der Waals surface area contributed by atoms with Gasteiger partial charge in [-0.05, 0) is 79.3 Å². The highest BCUT2D eigenvalue weighted by Crippen LogP contribution is 2.37. The molecule has 238 valence electrons. The van der Waals surface area contributed by atoms with E-state index >= 15 is 0 Å². The summed E-state index contributed by atoms with van der Waals surface area (Å²) in [6, 6.07) is 14.5. The van der Waals surface area contributed by atoms with Gasteiger partial charge in [-0.1, -0.05) is 29.8 Å². The van der Waals surface area contributed by atoms with Crippen molar-refractivity contribution in [3.8, 4) is 0 Å². The summed E-state index contributed by atoms with van der Waals surface area (Å²) in [7, 11) is 0. The van der Waals surface area contributed by atoms with Gasteiger partial charge >= 0.3 is 11.9 Å². The van der Waals surface area contributed by atoms with Crippen LogP contribution in [0.1, 0.15) is 82.0 Å². The predicted molar refractivity (Wildman–Crippen MR) is 164 cm³/mol. The number of carbonyl (C=O) groups is 4. The van der Waals surface area contributed by atoms with Crippen LogP contribution >= 0.6 is 0 Å². The SMILES string of the molecule is Cc1ccc(NC(=O)c2cnn3c(C(=O)O[C@H]4CCc5c4ccc(C(=O)O)c5C)cc(C(=O)NCc4ccc(F)c(F)c4)nc23)cc1. The topological polar surface area (TPSA) is 152 Å². The molecule has 2 aromatic heterocycles. The Bertz CT molecular complexity index is 2090. The Kier molecular flexibility index (Phi) is 8.20. The van der Waals surface area contributed by atoms with Crippen molar-refractivity contribution in [3.63, 3.8) is 0 Å². The second-order valence-electron chi connectivity index (χ2n) is 11.1. The van der Waals surface area contributed by atoms with Crippen molar-refractivity contribution in [2.24, 2.45) is 0 Å². The second-order valence-corrected chi connectivity index (χ2v) is 11.1. The third kappa shape index (κ3) is 6.15. The number of anilines is 1. The van der Waals surface area contributed by atoms with Crippen LogP contribution in [0.5, 0.6) is 0 Å². The highest BCUT2D eigenvalue weighted by Gasteiger charge is 2.31. The number of aryl methyl sites for hydroxylation is 1. The van der Waals surface area contributed by atoms with E-state index in [0.717, 1.165) is 27.8 Å². The molecule has 0 saturated heterocycles. The number of ether oxygens (including phenoxy) is 1. The largest absolute Gasteiger partial charge is 0.478 e. The molecule has 0 spiro atoms. The zero-order valence-electron chi connectivity index (χ0n) is 25.1. The van der Waals surface area contributed by atoms with Crippen LogP contribution < -0.4 is 10.6 Å². The summed E-state index contributed by atoms with van der Waals surface area (Å²) in [5, 5.41) is 19.0. The van der Waals surface area contributed by atoms with Gasteiger partial charge in [-0.25, -0.2) is 27.9 Å². The average Bonchev–Trinajstić information content (AvgIpc) is 3.67. The van der Waals surface area contributed by atoms with Crippen LogP contribution in [0.2, 0.25) is 0 Å². The van der Waals surface area contributed by atoms with Crippen molar-refractivity contribution in [1.29, 1.82) is 0 Å². The van der Waals surface area contributed by atoms with Crippen LogP contribution in [-0.4, -0.2) is 43.5 Å². The molecular weight excluding hydrogens is 612 g/mol. The molecule has 0 unspecified atom stereocenters. The van der Waals surface area contributed by atoms with Crippen molar-refractivity contribution in [1.82, 2.24) is 19.9 Å². The number of halogens is 2. The first-order valence-corrected chi connectivity index (χ1v) is 14.6. The van der Waals surface area contributed by atoms with Crippen LogP contribution in [-0.2, 0) is 17.7 Å². The fourth-order valence-electron chi connectivity index (χ4n) is 5.53. The number of fused-ring (bicyclic) bond motifs is 2. The normalized spacial score (nSPS) is 13.7. The predicted octanol–water partition coefficient (Wildman–Crippen LogP) is 5.35. The number of rotatable bonds is 8. The van der Waals surface area contributed by atoms with Crippen molar-refractivity contribution in [2.45, 2.75) is 39.3 Å². The molecule has 0 saturated carbocycles. The fourth-order valence-corrected chi connectivity index (χ4v) is 5.53. The van der Waals surface area contributed by atoms with Crippen LogP contribution in [0.15, 0.2) is 66.9 Å². The number of nitrogens with one attached hydrogen (secondary N) is 2. The number of aromatic carboxylic acids is 1. The van der Waals surface area contributed by atoms with Gasteiger partial charge in [0.25, 0.3) is 11.8 Å². The Morgan fingerprint density at radius 1 is 0.957 bits per heavy atom. The van der Waals surface area contributed by atoms with Crippen LogP contribution in [0.25, 0.3) is 5.65 Å². The lowest BCUT2D eigenvalue weighted by Crippen LogP contribution is -2.26. The lowest BCUT2D eigenvalue weighted by Gasteiger charge is -2.16. The molecule has 1 aliphatic carbocycles. The first-order chi connectivity index (χ1) is 22.5. The van der Waals surface area contributed by atoms with E-state index in [1.807, 2.05) is 19.1 Å². The number of hydrogen-bond acceptors (Lipinski definition) is 7. The molecule has 0 fully saturated rings. The van der Waals surface area contributed by atoms with E-state index in [-0.39, 0.29) is 40.3 Å². The van der Waals surface area contributed by atoms with Gasteiger partial charge in [0, 0.05) is 18.3 Å². The lowest BCUT2D eigenvalue weighted by molar-refractivity contribution is 0.0290. The number of carboxylic acids is 1. The zero-order chi connectivity index (χ0) is 33.4. The molecule has 0 radical (unpaired) electrons. The fraction of sp³-hybridized carbons (Fsp3) is 0.176. The minimum atomic E-state index is -1.08. The molecule has 1 aliphatic rings. The van der Waals surface area contributed by atoms with E-state index in [2.05, 4.69) is 20.7 Å². The summed E-state index contributed by atoms with van der Waals surface area (Å²) in [6.45, 7) is 3.43. The van der Waals surface area contributed by atoms with Crippen molar-refractivity contribution >= 4 is 35.1 Å². The Hall–Kier alpha value is -5.98. The molecule has 0 aliphatic heterocycles. The maximum atomic E-state index is 13.7. The van der Waals surface area contributed by atoms with E-state index in [4.69, 9.17) is 4.74 Å². The molecule has 5 aromatic rings. The van der Waals surface area contributed by atoms with Gasteiger partial charge in [-0.2, -0.15) is 5.10 Å². The van der Waals surface area contributed by atoms with Crippen LogP contribution in [0, 0.1) is 25.5 Å². The minimum Gasteiger partial charge on any atom is -0.478 e. The standard InChI is InChI=1S/C34H27F2N5O6/c1-17-3-6-20(7-4-17)39-31(42)24-16-38-41-28(34(46)47-29-12-10-21-18(2)22(33(44)45)8-9-23(21)29)14-27(40-30(24)41)32(43)37-15-19-5-11-25(35)26(36)13-19/h3-9,11,13-14,16,29H,10,12,15H2,1-2H3,(H,37,43)(H,39,42)(H,44,45)/t29-/m0/s1. The molecule has 1 atom stereocenters. The average molecular weight is 640 g/mol. The molecular formula is C34H27F2N5O6. The van der Waals surface area contributed by atoms with Gasteiger partial charge in [0.1, 0.15) is 17.4 Å². The highest BCUT2D eigenvalue weighted by atomic mass is 19.2. The monoisotopic (exact) mass is 639 g/mol. The highest BCUT2D eigenvalue weighted by molar-refractivity contribution is 6.09. The summed E-state index contributed by atoms with van der Waals surface area (Å²) in [4.78, 5) is 56.2. The molecule has 0 bridgehead atoms. The number of aromatic nitrogens is 3. The molecule has 2 amide bonds. The van der Waals surface area contributed by atoms with Crippen molar-refractivity contribution < 1.29 is 37.8 Å². The molecule has 47 heavy (non-hydrogen) atoms. The summed E-state index contributed by atoms with van der Waals surface area (Å²) < 4.78 is 34.1. The molecule has 11 nitrogen and oxygen atoms in total.